The molecule has 0 unspecified atom stereocenters. The standard InChI is InChI=1S/C9H11NO.C2H6/c1-3-10-9-7(2)5-4-6-8(9)11;1-2/h3-6,11H,1-2H3;1-2H3. The predicted molar refractivity (Wildman–Crippen MR) is 58.0 cm³/mol. The summed E-state index contributed by atoms with van der Waals surface area (Å²) in [7, 11) is 0. The molecular formula is C11H17NO. The Hall–Kier alpha value is -1.31. The predicted octanol–water partition coefficient (Wildman–Crippen LogP) is 3.45. The molecule has 1 rings (SSSR count). The Labute approximate surface area is 80.0 Å². The quantitative estimate of drug-likeness (QED) is 0.658. The highest BCUT2D eigenvalue weighted by Crippen LogP contribution is 2.28. The van der Waals surface area contributed by atoms with Crippen molar-refractivity contribution in [3.63, 3.8) is 0 Å². The van der Waals surface area contributed by atoms with Gasteiger partial charge in [-0.1, -0.05) is 26.0 Å². The van der Waals surface area contributed by atoms with Gasteiger partial charge in [0.05, 0.1) is 0 Å². The molecule has 0 radical (unpaired) electrons. The summed E-state index contributed by atoms with van der Waals surface area (Å²) in [6.45, 7) is 7.74. The van der Waals surface area contributed by atoms with Crippen molar-refractivity contribution in [2.24, 2.45) is 4.99 Å². The van der Waals surface area contributed by atoms with Crippen LogP contribution in [0.15, 0.2) is 23.2 Å². The third kappa shape index (κ3) is 3.28. The molecule has 0 bridgehead atoms. The average molecular weight is 179 g/mol. The lowest BCUT2D eigenvalue weighted by atomic mass is 10.2. The summed E-state index contributed by atoms with van der Waals surface area (Å²) in [4.78, 5) is 4.03. The van der Waals surface area contributed by atoms with Crippen LogP contribution in [0, 0.1) is 6.92 Å². The second-order valence-corrected chi connectivity index (χ2v) is 2.33. The maximum absolute atomic E-state index is 9.31. The molecule has 1 N–H and O–H groups in total. The Morgan fingerprint density at radius 3 is 2.38 bits per heavy atom. The number of aromatic hydroxyl groups is 1. The van der Waals surface area contributed by atoms with Gasteiger partial charge in [-0.25, -0.2) is 0 Å². The zero-order chi connectivity index (χ0) is 10.3. The summed E-state index contributed by atoms with van der Waals surface area (Å²) in [5, 5.41) is 9.31. The molecule has 0 saturated heterocycles. The normalized spacial score (nSPS) is 9.54. The zero-order valence-electron chi connectivity index (χ0n) is 8.70. The summed E-state index contributed by atoms with van der Waals surface area (Å²) >= 11 is 0. The number of aryl methyl sites for hydroxylation is 1. The molecule has 0 aliphatic carbocycles. The van der Waals surface area contributed by atoms with Crippen LogP contribution in [0.1, 0.15) is 26.3 Å². The van der Waals surface area contributed by atoms with Gasteiger partial charge in [0.15, 0.2) is 0 Å². The van der Waals surface area contributed by atoms with Crippen molar-refractivity contribution in [1.82, 2.24) is 0 Å². The summed E-state index contributed by atoms with van der Waals surface area (Å²) in [6.07, 6.45) is 1.67. The third-order valence-corrected chi connectivity index (χ3v) is 1.47. The highest BCUT2D eigenvalue weighted by Gasteiger charge is 1.99. The second-order valence-electron chi connectivity index (χ2n) is 2.33. The number of rotatable bonds is 1. The summed E-state index contributed by atoms with van der Waals surface area (Å²) in [6, 6.07) is 5.36. The van der Waals surface area contributed by atoms with E-state index in [1.807, 2.05) is 33.8 Å². The number of hydrogen-bond acceptors (Lipinski definition) is 2. The molecule has 0 atom stereocenters. The van der Waals surface area contributed by atoms with E-state index in [0.29, 0.717) is 5.69 Å². The fourth-order valence-corrected chi connectivity index (χ4v) is 0.941. The molecule has 0 amide bonds. The fraction of sp³-hybridized carbons (Fsp3) is 0.364. The van der Waals surface area contributed by atoms with Crippen molar-refractivity contribution < 1.29 is 5.11 Å². The molecule has 0 aromatic heterocycles. The molecule has 72 valence electrons. The Bertz CT molecular complexity index is 259. The number of para-hydroxylation sites is 1. The highest BCUT2D eigenvalue weighted by molar-refractivity contribution is 5.66. The molecular weight excluding hydrogens is 162 g/mol. The van der Waals surface area contributed by atoms with Crippen molar-refractivity contribution in [2.75, 3.05) is 0 Å². The first kappa shape index (κ1) is 11.7. The van der Waals surface area contributed by atoms with E-state index in [4.69, 9.17) is 0 Å². The Kier molecular flexibility index (Phi) is 5.60. The number of phenolic OH excluding ortho intramolecular Hbond substituents is 1. The van der Waals surface area contributed by atoms with Gasteiger partial charge in [-0.05, 0) is 25.5 Å². The highest BCUT2D eigenvalue weighted by atomic mass is 16.3. The van der Waals surface area contributed by atoms with Crippen LogP contribution in [0.2, 0.25) is 0 Å². The van der Waals surface area contributed by atoms with Crippen molar-refractivity contribution in [1.29, 1.82) is 0 Å². The molecule has 13 heavy (non-hydrogen) atoms. The lowest BCUT2D eigenvalue weighted by Crippen LogP contribution is -1.74. The number of aliphatic imine (C=N–C) groups is 1. The number of hydrogen-bond donors (Lipinski definition) is 1. The summed E-state index contributed by atoms with van der Waals surface area (Å²) < 4.78 is 0. The van der Waals surface area contributed by atoms with E-state index in [9.17, 15) is 5.11 Å². The Balaban J connectivity index is 0.000000671. The first-order valence-electron chi connectivity index (χ1n) is 4.53. The van der Waals surface area contributed by atoms with Gasteiger partial charge in [-0.3, -0.25) is 4.99 Å². The van der Waals surface area contributed by atoms with Crippen LogP contribution in [0.25, 0.3) is 0 Å². The van der Waals surface area contributed by atoms with Crippen LogP contribution in [-0.4, -0.2) is 11.3 Å². The van der Waals surface area contributed by atoms with Crippen LogP contribution >= 0.6 is 0 Å². The monoisotopic (exact) mass is 179 g/mol. The van der Waals surface area contributed by atoms with E-state index in [-0.39, 0.29) is 5.75 Å². The van der Waals surface area contributed by atoms with E-state index in [2.05, 4.69) is 4.99 Å². The van der Waals surface area contributed by atoms with Gasteiger partial charge in [-0.15, -0.1) is 0 Å². The molecule has 1 aromatic carbocycles. The van der Waals surface area contributed by atoms with Crippen LogP contribution in [0.4, 0.5) is 5.69 Å². The van der Waals surface area contributed by atoms with Crippen molar-refractivity contribution in [3.05, 3.63) is 23.8 Å². The van der Waals surface area contributed by atoms with Crippen molar-refractivity contribution >= 4 is 11.9 Å². The van der Waals surface area contributed by atoms with Crippen LogP contribution < -0.4 is 0 Å². The minimum atomic E-state index is 0.239. The fourth-order valence-electron chi connectivity index (χ4n) is 0.941. The first-order valence-corrected chi connectivity index (χ1v) is 4.53. The molecule has 1 aromatic rings. The molecule has 2 heteroatoms. The van der Waals surface area contributed by atoms with Gasteiger partial charge in [0, 0.05) is 6.21 Å². The minimum absolute atomic E-state index is 0.239. The second kappa shape index (κ2) is 6.23. The average Bonchev–Trinajstić information content (AvgIpc) is 2.15. The first-order chi connectivity index (χ1) is 6.25. The van der Waals surface area contributed by atoms with E-state index >= 15 is 0 Å². The van der Waals surface area contributed by atoms with E-state index in [1.165, 1.54) is 0 Å². The maximum atomic E-state index is 9.31. The van der Waals surface area contributed by atoms with Crippen molar-refractivity contribution in [3.8, 4) is 5.75 Å². The SMILES string of the molecule is CC.CC=Nc1c(C)cccc1O. The molecule has 0 aliphatic rings. The molecule has 0 saturated carbocycles. The van der Waals surface area contributed by atoms with Crippen LogP contribution in [-0.2, 0) is 0 Å². The zero-order valence-corrected chi connectivity index (χ0v) is 8.70. The summed E-state index contributed by atoms with van der Waals surface area (Å²) in [5.41, 5.74) is 1.65. The van der Waals surface area contributed by atoms with E-state index in [0.717, 1.165) is 5.56 Å². The van der Waals surface area contributed by atoms with Gasteiger partial charge in [0.2, 0.25) is 0 Å². The Morgan fingerprint density at radius 2 is 1.92 bits per heavy atom. The van der Waals surface area contributed by atoms with Crippen LogP contribution in [0.5, 0.6) is 5.75 Å². The number of phenols is 1. The minimum Gasteiger partial charge on any atom is -0.506 e. The summed E-state index contributed by atoms with van der Waals surface area (Å²) in [5.74, 6) is 0.239. The lowest BCUT2D eigenvalue weighted by molar-refractivity contribution is 0.476. The number of nitrogens with zero attached hydrogens (tertiary/aromatic N) is 1. The van der Waals surface area contributed by atoms with E-state index in [1.54, 1.807) is 18.3 Å². The molecule has 0 spiro atoms. The molecule has 0 heterocycles. The largest absolute Gasteiger partial charge is 0.506 e. The lowest BCUT2D eigenvalue weighted by Gasteiger charge is -2.00. The Morgan fingerprint density at radius 1 is 1.31 bits per heavy atom. The maximum Gasteiger partial charge on any atom is 0.141 e. The third-order valence-electron chi connectivity index (χ3n) is 1.47. The molecule has 2 nitrogen and oxygen atoms in total. The van der Waals surface area contributed by atoms with Gasteiger partial charge in [-0.2, -0.15) is 0 Å². The topological polar surface area (TPSA) is 32.6 Å². The van der Waals surface area contributed by atoms with Crippen LogP contribution in [0.3, 0.4) is 0 Å². The van der Waals surface area contributed by atoms with E-state index < -0.39 is 0 Å². The molecule has 0 fully saturated rings. The van der Waals surface area contributed by atoms with Gasteiger partial charge in [0.1, 0.15) is 11.4 Å². The van der Waals surface area contributed by atoms with Gasteiger partial charge >= 0.3 is 0 Å². The van der Waals surface area contributed by atoms with Crippen molar-refractivity contribution in [2.45, 2.75) is 27.7 Å². The van der Waals surface area contributed by atoms with Gasteiger partial charge in [0.25, 0.3) is 0 Å². The number of benzene rings is 1. The smallest absolute Gasteiger partial charge is 0.141 e. The molecule has 0 aliphatic heterocycles. The van der Waals surface area contributed by atoms with Gasteiger partial charge < -0.3 is 5.11 Å².